The average Bonchev–Trinajstić information content (AvgIpc) is 2.85. The van der Waals surface area contributed by atoms with Crippen molar-refractivity contribution in [1.82, 2.24) is 4.72 Å². The Morgan fingerprint density at radius 3 is 2.67 bits per heavy atom. The maximum atomic E-state index is 12.3. The lowest BCUT2D eigenvalue weighted by Gasteiger charge is -2.13. The number of benzene rings is 1. The summed E-state index contributed by atoms with van der Waals surface area (Å²) in [6.07, 6.45) is 4.59. The zero-order chi connectivity index (χ0) is 15.6. The van der Waals surface area contributed by atoms with Crippen LogP contribution in [-0.2, 0) is 10.0 Å². The van der Waals surface area contributed by atoms with E-state index in [-0.39, 0.29) is 22.3 Å². The number of nitrogens with zero attached hydrogens (tertiary/aromatic N) is 1. The molecule has 0 amide bonds. The molecule has 116 valence electrons. The summed E-state index contributed by atoms with van der Waals surface area (Å²) in [5.74, 6) is 0. The van der Waals surface area contributed by atoms with Crippen LogP contribution < -0.4 is 10.5 Å². The van der Waals surface area contributed by atoms with Gasteiger partial charge in [-0.3, -0.25) is 10.1 Å². The molecule has 2 rings (SSSR count). The first kappa shape index (κ1) is 16.1. The highest BCUT2D eigenvalue weighted by Gasteiger charge is 2.28. The van der Waals surface area contributed by atoms with Crippen molar-refractivity contribution < 1.29 is 13.3 Å². The molecule has 1 saturated carbocycles. The monoisotopic (exact) mass is 331 g/mol. The van der Waals surface area contributed by atoms with Crippen molar-refractivity contribution in [3.8, 4) is 0 Å². The van der Waals surface area contributed by atoms with E-state index in [1.165, 1.54) is 6.07 Å². The predicted octanol–water partition coefficient (Wildman–Crippen LogP) is 1.74. The maximum absolute atomic E-state index is 12.3. The van der Waals surface area contributed by atoms with E-state index < -0.39 is 14.9 Å². The van der Waals surface area contributed by atoms with Gasteiger partial charge in [-0.15, -0.1) is 0 Å². The highest BCUT2D eigenvalue weighted by molar-refractivity contribution is 7.99. The molecular formula is C12H17N3O4S2. The number of anilines is 1. The molecule has 7 nitrogen and oxygen atoms in total. The van der Waals surface area contributed by atoms with Crippen molar-refractivity contribution in [2.45, 2.75) is 35.4 Å². The summed E-state index contributed by atoms with van der Waals surface area (Å²) in [7, 11) is -3.70. The molecule has 1 fully saturated rings. The van der Waals surface area contributed by atoms with Crippen molar-refractivity contribution in [3.05, 3.63) is 28.3 Å². The second kappa shape index (κ2) is 6.20. The quantitative estimate of drug-likeness (QED) is 0.482. The molecule has 2 atom stereocenters. The van der Waals surface area contributed by atoms with E-state index in [2.05, 4.69) is 4.72 Å². The van der Waals surface area contributed by atoms with Crippen LogP contribution in [0.3, 0.4) is 0 Å². The Balaban J connectivity index is 2.16. The first-order valence-electron chi connectivity index (χ1n) is 6.42. The second-order valence-electron chi connectivity index (χ2n) is 4.97. The van der Waals surface area contributed by atoms with Gasteiger partial charge in [-0.1, -0.05) is 0 Å². The molecule has 9 heteroatoms. The Morgan fingerprint density at radius 2 is 2.14 bits per heavy atom. The molecule has 0 radical (unpaired) electrons. The van der Waals surface area contributed by atoms with E-state index in [1.807, 2.05) is 6.26 Å². The van der Waals surface area contributed by atoms with Gasteiger partial charge in [0.05, 0.1) is 9.82 Å². The lowest BCUT2D eigenvalue weighted by atomic mass is 10.3. The summed E-state index contributed by atoms with van der Waals surface area (Å²) >= 11 is 1.74. The van der Waals surface area contributed by atoms with Gasteiger partial charge in [-0.25, -0.2) is 13.1 Å². The Hall–Kier alpha value is -1.32. The number of nitrogen functional groups attached to an aromatic ring is 1. The highest BCUT2D eigenvalue weighted by atomic mass is 32.2. The smallest absolute Gasteiger partial charge is 0.292 e. The third kappa shape index (κ3) is 3.66. The SMILES string of the molecule is CSC1CCC(NS(=O)(=O)c2ccc([N+](=O)[O-])c(N)c2)C1. The van der Waals surface area contributed by atoms with Crippen LogP contribution in [0.4, 0.5) is 11.4 Å². The van der Waals surface area contributed by atoms with Gasteiger partial charge in [-0.2, -0.15) is 11.8 Å². The van der Waals surface area contributed by atoms with Crippen molar-refractivity contribution in [3.63, 3.8) is 0 Å². The Kier molecular flexibility index (Phi) is 4.74. The van der Waals surface area contributed by atoms with Crippen LogP contribution in [0.25, 0.3) is 0 Å². The van der Waals surface area contributed by atoms with Gasteiger partial charge in [0.15, 0.2) is 0 Å². The summed E-state index contributed by atoms with van der Waals surface area (Å²) in [6.45, 7) is 0. The molecule has 0 saturated heterocycles. The van der Waals surface area contributed by atoms with Crippen molar-refractivity contribution in [2.24, 2.45) is 0 Å². The number of sulfonamides is 1. The molecule has 1 aliphatic rings. The molecule has 1 aliphatic carbocycles. The van der Waals surface area contributed by atoms with Crippen LogP contribution >= 0.6 is 11.8 Å². The summed E-state index contributed by atoms with van der Waals surface area (Å²) < 4.78 is 27.2. The molecule has 3 N–H and O–H groups in total. The summed E-state index contributed by atoms with van der Waals surface area (Å²) in [6, 6.07) is 3.35. The van der Waals surface area contributed by atoms with Crippen molar-refractivity contribution in [1.29, 1.82) is 0 Å². The molecular weight excluding hydrogens is 314 g/mol. The number of nitrogens with two attached hydrogens (primary N) is 1. The van der Waals surface area contributed by atoms with E-state index in [0.717, 1.165) is 31.4 Å². The van der Waals surface area contributed by atoms with Gasteiger partial charge in [0.2, 0.25) is 10.0 Å². The van der Waals surface area contributed by atoms with Crippen LogP contribution in [0, 0.1) is 10.1 Å². The van der Waals surface area contributed by atoms with Gasteiger partial charge in [-0.05, 0) is 37.7 Å². The largest absolute Gasteiger partial charge is 0.393 e. The molecule has 0 bridgehead atoms. The maximum Gasteiger partial charge on any atom is 0.292 e. The first-order valence-corrected chi connectivity index (χ1v) is 9.19. The van der Waals surface area contributed by atoms with Crippen LogP contribution in [0.5, 0.6) is 0 Å². The van der Waals surface area contributed by atoms with Gasteiger partial charge in [0, 0.05) is 17.4 Å². The van der Waals surface area contributed by atoms with Crippen LogP contribution in [0.1, 0.15) is 19.3 Å². The van der Waals surface area contributed by atoms with Crippen molar-refractivity contribution >= 4 is 33.2 Å². The first-order chi connectivity index (χ1) is 9.83. The fraction of sp³-hybridized carbons (Fsp3) is 0.500. The number of nitro benzene ring substituents is 1. The van der Waals surface area contributed by atoms with E-state index in [4.69, 9.17) is 5.73 Å². The molecule has 1 aromatic carbocycles. The zero-order valence-corrected chi connectivity index (χ0v) is 13.1. The number of nitro groups is 1. The zero-order valence-electron chi connectivity index (χ0n) is 11.5. The number of hydrogen-bond donors (Lipinski definition) is 2. The molecule has 0 heterocycles. The van der Waals surface area contributed by atoms with E-state index in [1.54, 1.807) is 11.8 Å². The number of thioether (sulfide) groups is 1. The third-order valence-corrected chi connectivity index (χ3v) is 6.16. The fourth-order valence-electron chi connectivity index (χ4n) is 2.41. The van der Waals surface area contributed by atoms with Gasteiger partial charge < -0.3 is 5.73 Å². The molecule has 0 spiro atoms. The van der Waals surface area contributed by atoms with Gasteiger partial charge in [0.25, 0.3) is 5.69 Å². The van der Waals surface area contributed by atoms with E-state index in [0.29, 0.717) is 5.25 Å². The summed E-state index contributed by atoms with van der Waals surface area (Å²) in [5.41, 5.74) is 5.08. The Bertz CT molecular complexity index is 648. The highest BCUT2D eigenvalue weighted by Crippen LogP contribution is 2.30. The summed E-state index contributed by atoms with van der Waals surface area (Å²) in [5, 5.41) is 11.2. The fourth-order valence-corrected chi connectivity index (χ4v) is 4.53. The lowest BCUT2D eigenvalue weighted by molar-refractivity contribution is -0.383. The minimum atomic E-state index is -3.70. The topological polar surface area (TPSA) is 115 Å². The molecule has 21 heavy (non-hydrogen) atoms. The minimum absolute atomic E-state index is 0.0433. The average molecular weight is 331 g/mol. The Labute approximate surface area is 127 Å². The molecule has 0 aromatic heterocycles. The second-order valence-corrected chi connectivity index (χ2v) is 7.82. The van der Waals surface area contributed by atoms with Gasteiger partial charge >= 0.3 is 0 Å². The normalized spacial score (nSPS) is 22.3. The summed E-state index contributed by atoms with van der Waals surface area (Å²) in [4.78, 5) is 10.0. The number of rotatable bonds is 5. The lowest BCUT2D eigenvalue weighted by Crippen LogP contribution is -2.33. The molecule has 1 aromatic rings. The van der Waals surface area contributed by atoms with Crippen LogP contribution in [-0.4, -0.2) is 30.9 Å². The predicted molar refractivity (Wildman–Crippen MR) is 82.8 cm³/mol. The van der Waals surface area contributed by atoms with Crippen molar-refractivity contribution in [2.75, 3.05) is 12.0 Å². The van der Waals surface area contributed by atoms with E-state index >= 15 is 0 Å². The molecule has 2 unspecified atom stereocenters. The van der Waals surface area contributed by atoms with Crippen LogP contribution in [0.2, 0.25) is 0 Å². The molecule has 0 aliphatic heterocycles. The van der Waals surface area contributed by atoms with E-state index in [9.17, 15) is 18.5 Å². The minimum Gasteiger partial charge on any atom is -0.393 e. The number of hydrogen-bond acceptors (Lipinski definition) is 6. The third-order valence-electron chi connectivity index (χ3n) is 3.55. The Morgan fingerprint density at radius 1 is 1.43 bits per heavy atom. The van der Waals surface area contributed by atoms with Crippen LogP contribution in [0.15, 0.2) is 23.1 Å². The van der Waals surface area contributed by atoms with Gasteiger partial charge in [0.1, 0.15) is 5.69 Å². The standard InChI is InChI=1S/C12H17N3O4S2/c1-20-9-3-2-8(6-9)14-21(18,19)10-4-5-12(15(16)17)11(13)7-10/h4-5,7-9,14H,2-3,6,13H2,1H3. The number of nitrogens with one attached hydrogen (secondary N) is 1.